The molecule has 0 amide bonds. The molecule has 0 unspecified atom stereocenters. The van der Waals surface area contributed by atoms with Gasteiger partial charge in [0.1, 0.15) is 5.75 Å². The molecule has 3 heterocycles. The normalized spacial score (nSPS) is 17.1. The zero-order valence-electron chi connectivity index (χ0n) is 15.8. The van der Waals surface area contributed by atoms with Crippen LogP contribution in [0.1, 0.15) is 24.0 Å². The summed E-state index contributed by atoms with van der Waals surface area (Å²) in [5.41, 5.74) is 9.05. The minimum absolute atomic E-state index is 0.0778. The third kappa shape index (κ3) is 3.93. The van der Waals surface area contributed by atoms with E-state index in [4.69, 9.17) is 15.9 Å². The molecule has 0 spiro atoms. The van der Waals surface area contributed by atoms with Gasteiger partial charge >= 0.3 is 5.97 Å². The molecule has 0 radical (unpaired) electrons. The number of fused-ring (bicyclic) bond motifs is 1. The molecule has 0 atom stereocenters. The van der Waals surface area contributed by atoms with Gasteiger partial charge in [0.15, 0.2) is 5.96 Å². The van der Waals surface area contributed by atoms with E-state index < -0.39 is 0 Å². The summed E-state index contributed by atoms with van der Waals surface area (Å²) in [7, 11) is 0. The van der Waals surface area contributed by atoms with Gasteiger partial charge in [-0.2, -0.15) is 0 Å². The van der Waals surface area contributed by atoms with Crippen LogP contribution < -0.4 is 15.4 Å². The van der Waals surface area contributed by atoms with E-state index in [0.717, 1.165) is 50.1 Å². The van der Waals surface area contributed by atoms with Gasteiger partial charge in [-0.1, -0.05) is 6.07 Å². The molecule has 0 saturated carbocycles. The Morgan fingerprint density at radius 3 is 2.57 bits per heavy atom. The zero-order valence-corrected chi connectivity index (χ0v) is 15.8. The molecule has 1 aromatic heterocycles. The predicted molar refractivity (Wildman–Crippen MR) is 107 cm³/mol. The highest BCUT2D eigenvalue weighted by molar-refractivity contribution is 5.76. The largest absolute Gasteiger partial charge is 0.426 e. The number of hydrogen-bond donors (Lipinski definition) is 2. The molecule has 1 fully saturated rings. The Bertz CT molecular complexity index is 862. The second-order valence-corrected chi connectivity index (χ2v) is 7.38. The van der Waals surface area contributed by atoms with Crippen LogP contribution in [0.25, 0.3) is 0 Å². The Hall–Kier alpha value is -3.09. The molecule has 7 heteroatoms. The molecule has 1 saturated heterocycles. The van der Waals surface area contributed by atoms with E-state index in [9.17, 15) is 4.79 Å². The van der Waals surface area contributed by atoms with Crippen molar-refractivity contribution in [3.63, 3.8) is 0 Å². The average Bonchev–Trinajstić information content (AvgIpc) is 2.74. The van der Waals surface area contributed by atoms with Gasteiger partial charge in [-0.3, -0.25) is 15.2 Å². The number of pyridine rings is 1. The van der Waals surface area contributed by atoms with Crippen LogP contribution in [-0.2, 0) is 17.8 Å². The van der Waals surface area contributed by atoms with Crippen molar-refractivity contribution in [1.29, 1.82) is 5.41 Å². The van der Waals surface area contributed by atoms with Crippen molar-refractivity contribution in [2.24, 2.45) is 11.7 Å². The van der Waals surface area contributed by atoms with Crippen molar-refractivity contribution in [2.45, 2.75) is 25.8 Å². The maximum atomic E-state index is 12.6. The van der Waals surface area contributed by atoms with Crippen LogP contribution in [-0.4, -0.2) is 41.4 Å². The lowest BCUT2D eigenvalue weighted by molar-refractivity contribution is -0.139. The van der Waals surface area contributed by atoms with Crippen molar-refractivity contribution >= 4 is 17.6 Å². The molecule has 3 N–H and O–H groups in total. The van der Waals surface area contributed by atoms with Crippen LogP contribution in [0.5, 0.6) is 5.75 Å². The highest BCUT2D eigenvalue weighted by atomic mass is 16.5. The van der Waals surface area contributed by atoms with Crippen LogP contribution in [0.2, 0.25) is 0 Å². The number of aromatic nitrogens is 1. The van der Waals surface area contributed by atoms with Gasteiger partial charge in [-0.15, -0.1) is 0 Å². The van der Waals surface area contributed by atoms with Crippen molar-refractivity contribution < 1.29 is 9.53 Å². The fraction of sp³-hybridized carbons (Fsp3) is 0.381. The lowest BCUT2D eigenvalue weighted by Crippen LogP contribution is -2.40. The molecule has 7 nitrogen and oxygen atoms in total. The fourth-order valence-corrected chi connectivity index (χ4v) is 3.93. The number of carbonyl (C=O) groups excluding carboxylic acids is 1. The van der Waals surface area contributed by atoms with E-state index in [1.807, 2.05) is 35.2 Å². The SMILES string of the molecule is N=C(N)N1CCc2ccc(OC(=O)C3CCN(c4ccncc4)CC3)cc2C1. The molecular formula is C21H25N5O2. The summed E-state index contributed by atoms with van der Waals surface area (Å²) in [6.45, 7) is 3.00. The van der Waals surface area contributed by atoms with Crippen molar-refractivity contribution in [3.05, 3.63) is 53.9 Å². The van der Waals surface area contributed by atoms with Crippen LogP contribution in [0, 0.1) is 11.3 Å². The number of nitrogens with zero attached hydrogens (tertiary/aromatic N) is 3. The standard InChI is InChI=1S/C21H25N5O2/c22-21(23)26-12-5-15-1-2-19(13-17(15)14-26)28-20(27)16-6-10-25(11-7-16)18-3-8-24-9-4-18/h1-4,8-9,13,16H,5-7,10-12,14H2,(H3,22,23). The number of rotatable bonds is 3. The molecule has 0 bridgehead atoms. The highest BCUT2D eigenvalue weighted by Crippen LogP contribution is 2.27. The van der Waals surface area contributed by atoms with E-state index in [0.29, 0.717) is 12.3 Å². The Labute approximate surface area is 164 Å². The number of carbonyl (C=O) groups is 1. The summed E-state index contributed by atoms with van der Waals surface area (Å²) in [6.07, 6.45) is 5.99. The number of nitrogens with two attached hydrogens (primary N) is 1. The van der Waals surface area contributed by atoms with Crippen LogP contribution in [0.4, 0.5) is 5.69 Å². The second kappa shape index (κ2) is 7.88. The minimum Gasteiger partial charge on any atom is -0.426 e. The molecule has 1 aromatic carbocycles. The molecule has 28 heavy (non-hydrogen) atoms. The summed E-state index contributed by atoms with van der Waals surface area (Å²) in [4.78, 5) is 20.8. The van der Waals surface area contributed by atoms with Gasteiger partial charge < -0.3 is 20.3 Å². The van der Waals surface area contributed by atoms with E-state index >= 15 is 0 Å². The predicted octanol–water partition coefficient (Wildman–Crippen LogP) is 2.16. The number of esters is 1. The summed E-state index contributed by atoms with van der Waals surface area (Å²) >= 11 is 0. The smallest absolute Gasteiger partial charge is 0.314 e. The van der Waals surface area contributed by atoms with Gasteiger partial charge in [0.25, 0.3) is 0 Å². The van der Waals surface area contributed by atoms with Crippen molar-refractivity contribution in [1.82, 2.24) is 9.88 Å². The monoisotopic (exact) mass is 379 g/mol. The third-order valence-electron chi connectivity index (χ3n) is 5.61. The van der Waals surface area contributed by atoms with E-state index in [-0.39, 0.29) is 17.8 Å². The van der Waals surface area contributed by atoms with Crippen molar-refractivity contribution in [3.8, 4) is 5.75 Å². The minimum atomic E-state index is -0.159. The molecule has 0 aliphatic carbocycles. The molecule has 4 rings (SSSR count). The number of guanidine groups is 1. The summed E-state index contributed by atoms with van der Waals surface area (Å²) in [6, 6.07) is 9.79. The molecule has 146 valence electrons. The highest BCUT2D eigenvalue weighted by Gasteiger charge is 2.27. The number of nitrogens with one attached hydrogen (secondary N) is 1. The molecule has 2 aliphatic rings. The summed E-state index contributed by atoms with van der Waals surface area (Å²) in [5.74, 6) is 0.413. The summed E-state index contributed by atoms with van der Waals surface area (Å²) in [5, 5.41) is 7.62. The quantitative estimate of drug-likeness (QED) is 0.367. The van der Waals surface area contributed by atoms with E-state index in [1.165, 1.54) is 5.56 Å². The number of piperidine rings is 1. The van der Waals surface area contributed by atoms with Gasteiger partial charge in [-0.25, -0.2) is 0 Å². The van der Waals surface area contributed by atoms with Gasteiger partial charge in [0.05, 0.1) is 5.92 Å². The maximum Gasteiger partial charge on any atom is 0.314 e. The lowest BCUT2D eigenvalue weighted by atomic mass is 9.96. The van der Waals surface area contributed by atoms with E-state index in [2.05, 4.69) is 9.88 Å². The topological polar surface area (TPSA) is 95.5 Å². The Morgan fingerprint density at radius 1 is 1.11 bits per heavy atom. The lowest BCUT2D eigenvalue weighted by Gasteiger charge is -2.32. The number of anilines is 1. The zero-order chi connectivity index (χ0) is 19.5. The van der Waals surface area contributed by atoms with Gasteiger partial charge in [0.2, 0.25) is 0 Å². The fourth-order valence-electron chi connectivity index (χ4n) is 3.93. The first-order chi connectivity index (χ1) is 13.6. The summed E-state index contributed by atoms with van der Waals surface area (Å²) < 4.78 is 5.69. The van der Waals surface area contributed by atoms with Crippen LogP contribution in [0.3, 0.4) is 0 Å². The Kier molecular flexibility index (Phi) is 5.14. The Morgan fingerprint density at radius 2 is 1.86 bits per heavy atom. The number of ether oxygens (including phenoxy) is 1. The molecular weight excluding hydrogens is 354 g/mol. The second-order valence-electron chi connectivity index (χ2n) is 7.38. The van der Waals surface area contributed by atoms with Crippen molar-refractivity contribution in [2.75, 3.05) is 24.5 Å². The first kappa shape index (κ1) is 18.3. The molecule has 2 aromatic rings. The van der Waals surface area contributed by atoms with Gasteiger partial charge in [0, 0.05) is 44.3 Å². The first-order valence-electron chi connectivity index (χ1n) is 9.67. The maximum absolute atomic E-state index is 12.6. The third-order valence-corrected chi connectivity index (χ3v) is 5.61. The van der Waals surface area contributed by atoms with Crippen LogP contribution in [0.15, 0.2) is 42.7 Å². The average molecular weight is 379 g/mol. The van der Waals surface area contributed by atoms with Crippen LogP contribution >= 0.6 is 0 Å². The Balaban J connectivity index is 1.36. The first-order valence-corrected chi connectivity index (χ1v) is 9.67. The number of hydrogen-bond acceptors (Lipinski definition) is 5. The molecule has 2 aliphatic heterocycles. The number of benzene rings is 1. The van der Waals surface area contributed by atoms with Gasteiger partial charge in [-0.05, 0) is 54.7 Å². The van der Waals surface area contributed by atoms with E-state index in [1.54, 1.807) is 12.4 Å².